The third kappa shape index (κ3) is 5.67. The highest BCUT2D eigenvalue weighted by molar-refractivity contribution is 6.01. The molecule has 0 radical (unpaired) electrons. The number of amides is 1. The molecule has 0 aliphatic heterocycles. The number of hydrogen-bond acceptors (Lipinski definition) is 4. The lowest BCUT2D eigenvalue weighted by Crippen LogP contribution is -2.07. The van der Waals surface area contributed by atoms with E-state index in [1.807, 2.05) is 44.2 Å². The van der Waals surface area contributed by atoms with Gasteiger partial charge in [-0.15, -0.1) is 0 Å². The molecule has 1 amide bonds. The molecule has 0 aromatic heterocycles. The van der Waals surface area contributed by atoms with E-state index < -0.39 is 0 Å². The van der Waals surface area contributed by atoms with Gasteiger partial charge in [0.05, 0.1) is 25.7 Å². The van der Waals surface area contributed by atoms with Gasteiger partial charge in [-0.2, -0.15) is 5.26 Å². The van der Waals surface area contributed by atoms with Crippen molar-refractivity contribution in [2.45, 2.75) is 20.3 Å². The largest absolute Gasteiger partial charge is 0.490 e. The van der Waals surface area contributed by atoms with Crippen LogP contribution in [-0.4, -0.2) is 19.1 Å². The topological polar surface area (TPSA) is 71.3 Å². The summed E-state index contributed by atoms with van der Waals surface area (Å²) < 4.78 is 11.1. The van der Waals surface area contributed by atoms with Gasteiger partial charge in [0.2, 0.25) is 5.91 Å². The van der Waals surface area contributed by atoms with Crippen LogP contribution in [0.1, 0.15) is 25.0 Å². The zero-order valence-corrected chi connectivity index (χ0v) is 15.0. The normalized spacial score (nSPS) is 10.3. The highest BCUT2D eigenvalue weighted by Gasteiger charge is 2.05. The van der Waals surface area contributed by atoms with Crippen LogP contribution in [0.2, 0.25) is 0 Å². The van der Waals surface area contributed by atoms with Gasteiger partial charge in [-0.3, -0.25) is 4.79 Å². The van der Waals surface area contributed by atoms with E-state index in [0.29, 0.717) is 36.8 Å². The van der Waals surface area contributed by atoms with Crippen molar-refractivity contribution in [2.75, 3.05) is 18.5 Å². The van der Waals surface area contributed by atoms with Crippen molar-refractivity contribution in [3.05, 3.63) is 59.7 Å². The molecule has 0 atom stereocenters. The average molecular weight is 350 g/mol. The lowest BCUT2D eigenvalue weighted by atomic mass is 10.1. The maximum Gasteiger partial charge on any atom is 0.248 e. The van der Waals surface area contributed by atoms with Crippen LogP contribution >= 0.6 is 0 Å². The maximum atomic E-state index is 12.1. The Balaban J connectivity index is 2.02. The summed E-state index contributed by atoms with van der Waals surface area (Å²) in [6.45, 7) is 4.93. The second kappa shape index (κ2) is 9.90. The first-order valence-electron chi connectivity index (χ1n) is 8.50. The molecule has 2 aromatic carbocycles. The number of anilines is 1. The fourth-order valence-corrected chi connectivity index (χ4v) is 2.32. The minimum atomic E-state index is -0.232. The van der Waals surface area contributed by atoms with Crippen molar-refractivity contribution >= 4 is 17.7 Å². The second-order valence-corrected chi connectivity index (χ2v) is 5.43. The highest BCUT2D eigenvalue weighted by atomic mass is 16.5. The van der Waals surface area contributed by atoms with E-state index in [2.05, 4.69) is 11.4 Å². The van der Waals surface area contributed by atoms with Crippen LogP contribution in [0.25, 0.3) is 6.08 Å². The molecule has 0 saturated carbocycles. The standard InChI is InChI=1S/C21H22N2O3/c1-3-25-19-11-7-17(15-20(19)26-4-2)8-12-21(24)23-18-9-5-16(6-10-18)13-14-22/h5-12,15H,3-4,13H2,1-2H3,(H,23,24)/b12-8+. The highest BCUT2D eigenvalue weighted by Crippen LogP contribution is 2.29. The molecule has 0 aliphatic rings. The average Bonchev–Trinajstić information content (AvgIpc) is 2.64. The first-order chi connectivity index (χ1) is 12.7. The molecule has 134 valence electrons. The van der Waals surface area contributed by atoms with E-state index in [9.17, 15) is 4.79 Å². The Labute approximate surface area is 153 Å². The Hall–Kier alpha value is -3.26. The predicted octanol–water partition coefficient (Wildman–Crippen LogP) is 4.20. The molecule has 0 aliphatic carbocycles. The van der Waals surface area contributed by atoms with Gasteiger partial charge in [0.15, 0.2) is 11.5 Å². The SMILES string of the molecule is CCOc1ccc(/C=C/C(=O)Nc2ccc(CC#N)cc2)cc1OCC. The maximum absolute atomic E-state index is 12.1. The number of carbonyl (C=O) groups excluding carboxylic acids is 1. The van der Waals surface area contributed by atoms with Gasteiger partial charge in [0.1, 0.15) is 0 Å². The van der Waals surface area contributed by atoms with Crippen molar-refractivity contribution in [1.29, 1.82) is 5.26 Å². The van der Waals surface area contributed by atoms with Crippen molar-refractivity contribution in [1.82, 2.24) is 0 Å². The summed E-state index contributed by atoms with van der Waals surface area (Å²) in [5, 5.41) is 11.5. The second-order valence-electron chi connectivity index (χ2n) is 5.43. The van der Waals surface area contributed by atoms with Gasteiger partial charge in [-0.25, -0.2) is 0 Å². The molecule has 0 heterocycles. The smallest absolute Gasteiger partial charge is 0.248 e. The molecular weight excluding hydrogens is 328 g/mol. The van der Waals surface area contributed by atoms with Crippen LogP contribution in [0, 0.1) is 11.3 Å². The van der Waals surface area contributed by atoms with Gasteiger partial charge in [-0.1, -0.05) is 18.2 Å². The molecule has 2 aromatic rings. The summed E-state index contributed by atoms with van der Waals surface area (Å²) in [6.07, 6.45) is 3.54. The van der Waals surface area contributed by atoms with Crippen LogP contribution in [0.5, 0.6) is 11.5 Å². The van der Waals surface area contributed by atoms with Crippen molar-refractivity contribution in [3.63, 3.8) is 0 Å². The van der Waals surface area contributed by atoms with E-state index in [0.717, 1.165) is 11.1 Å². The Morgan fingerprint density at radius 3 is 2.42 bits per heavy atom. The molecule has 5 nitrogen and oxygen atoms in total. The number of ether oxygens (including phenoxy) is 2. The Morgan fingerprint density at radius 2 is 1.77 bits per heavy atom. The summed E-state index contributed by atoms with van der Waals surface area (Å²) in [6, 6.07) is 14.8. The zero-order valence-electron chi connectivity index (χ0n) is 15.0. The van der Waals surface area contributed by atoms with Gasteiger partial charge in [-0.05, 0) is 55.3 Å². The van der Waals surface area contributed by atoms with E-state index in [1.165, 1.54) is 6.08 Å². The number of hydrogen-bond donors (Lipinski definition) is 1. The van der Waals surface area contributed by atoms with Gasteiger partial charge in [0.25, 0.3) is 0 Å². The van der Waals surface area contributed by atoms with Gasteiger partial charge >= 0.3 is 0 Å². The summed E-state index contributed by atoms with van der Waals surface area (Å²) in [7, 11) is 0. The van der Waals surface area contributed by atoms with Gasteiger partial charge in [0, 0.05) is 11.8 Å². The van der Waals surface area contributed by atoms with Crippen molar-refractivity contribution in [3.8, 4) is 17.6 Å². The quantitative estimate of drug-likeness (QED) is 0.724. The number of carbonyl (C=O) groups is 1. The van der Waals surface area contributed by atoms with Crippen LogP contribution in [0.3, 0.4) is 0 Å². The number of benzene rings is 2. The molecule has 0 spiro atoms. The summed E-state index contributed by atoms with van der Waals surface area (Å²) in [4.78, 5) is 12.1. The molecule has 0 bridgehead atoms. The Bertz CT molecular complexity index is 805. The minimum absolute atomic E-state index is 0.232. The number of nitrogens with zero attached hydrogens (tertiary/aromatic N) is 1. The van der Waals surface area contributed by atoms with Crippen LogP contribution in [0.15, 0.2) is 48.5 Å². The Morgan fingerprint density at radius 1 is 1.08 bits per heavy atom. The van der Waals surface area contributed by atoms with Crippen LogP contribution < -0.4 is 14.8 Å². The molecule has 0 fully saturated rings. The number of rotatable bonds is 8. The zero-order chi connectivity index (χ0) is 18.8. The fraction of sp³-hybridized carbons (Fsp3) is 0.238. The first-order valence-corrected chi connectivity index (χ1v) is 8.50. The molecular formula is C21H22N2O3. The summed E-state index contributed by atoms with van der Waals surface area (Å²) >= 11 is 0. The third-order valence-electron chi connectivity index (χ3n) is 3.50. The predicted molar refractivity (Wildman–Crippen MR) is 102 cm³/mol. The minimum Gasteiger partial charge on any atom is -0.490 e. The Kier molecular flexibility index (Phi) is 7.26. The lowest BCUT2D eigenvalue weighted by Gasteiger charge is -2.11. The van der Waals surface area contributed by atoms with E-state index in [1.54, 1.807) is 18.2 Å². The molecule has 1 N–H and O–H groups in total. The van der Waals surface area contributed by atoms with Crippen molar-refractivity contribution < 1.29 is 14.3 Å². The molecule has 2 rings (SSSR count). The first kappa shape index (κ1) is 19.1. The molecule has 0 saturated heterocycles. The fourth-order valence-electron chi connectivity index (χ4n) is 2.32. The third-order valence-corrected chi connectivity index (χ3v) is 3.50. The van der Waals surface area contributed by atoms with Gasteiger partial charge < -0.3 is 14.8 Å². The van der Waals surface area contributed by atoms with E-state index in [-0.39, 0.29) is 5.91 Å². The summed E-state index contributed by atoms with van der Waals surface area (Å²) in [5.74, 6) is 1.11. The number of nitrogens with one attached hydrogen (secondary N) is 1. The van der Waals surface area contributed by atoms with Crippen LogP contribution in [0.4, 0.5) is 5.69 Å². The summed E-state index contributed by atoms with van der Waals surface area (Å²) in [5.41, 5.74) is 2.44. The van der Waals surface area contributed by atoms with Crippen LogP contribution in [-0.2, 0) is 11.2 Å². The molecule has 5 heteroatoms. The van der Waals surface area contributed by atoms with E-state index >= 15 is 0 Å². The lowest BCUT2D eigenvalue weighted by molar-refractivity contribution is -0.111. The molecule has 26 heavy (non-hydrogen) atoms. The van der Waals surface area contributed by atoms with E-state index in [4.69, 9.17) is 14.7 Å². The molecule has 0 unspecified atom stereocenters. The van der Waals surface area contributed by atoms with Crippen molar-refractivity contribution in [2.24, 2.45) is 0 Å². The monoisotopic (exact) mass is 350 g/mol. The number of nitriles is 1.